The van der Waals surface area contributed by atoms with Crippen LogP contribution in [0.5, 0.6) is 17.2 Å². The molecule has 0 amide bonds. The molecule has 1 aliphatic rings. The summed E-state index contributed by atoms with van der Waals surface area (Å²) in [5.74, 6) is 1.41. The summed E-state index contributed by atoms with van der Waals surface area (Å²) in [5, 5.41) is 9.61. The minimum Gasteiger partial charge on any atom is -0.508 e. The second-order valence-electron chi connectivity index (χ2n) is 8.24. The monoisotopic (exact) mass is 518 g/mol. The van der Waals surface area contributed by atoms with Crippen LogP contribution in [0, 0.1) is 0 Å². The maximum absolute atomic E-state index is 13.6. The van der Waals surface area contributed by atoms with E-state index in [1.165, 1.54) is 36.4 Å². The fourth-order valence-electron chi connectivity index (χ4n) is 3.96. The lowest BCUT2D eigenvalue weighted by Gasteiger charge is -2.25. The van der Waals surface area contributed by atoms with Gasteiger partial charge < -0.3 is 14.6 Å². The van der Waals surface area contributed by atoms with E-state index in [9.17, 15) is 13.5 Å². The van der Waals surface area contributed by atoms with Gasteiger partial charge in [-0.25, -0.2) is 8.42 Å². The predicted octanol–water partition coefficient (Wildman–Crippen LogP) is 4.69. The van der Waals surface area contributed by atoms with Crippen LogP contribution in [0.2, 0.25) is 0 Å². The molecule has 9 heteroatoms. The SMILES string of the molecule is COc1ccc(S(=O)(=O)N(Cc2ccc(O)cc2)c2ccc(OCCN3CCCC3)cc2)cc1.Cl. The summed E-state index contributed by atoms with van der Waals surface area (Å²) in [7, 11) is -2.32. The zero-order valence-electron chi connectivity index (χ0n) is 19.7. The smallest absolute Gasteiger partial charge is 0.264 e. The number of hydrogen-bond donors (Lipinski definition) is 1. The highest BCUT2D eigenvalue weighted by molar-refractivity contribution is 7.92. The molecule has 0 spiro atoms. The van der Waals surface area contributed by atoms with Gasteiger partial charge in [-0.05, 0) is 92.2 Å². The summed E-state index contributed by atoms with van der Waals surface area (Å²) in [5.41, 5.74) is 1.27. The van der Waals surface area contributed by atoms with Gasteiger partial charge >= 0.3 is 0 Å². The highest BCUT2D eigenvalue weighted by Gasteiger charge is 2.25. The maximum Gasteiger partial charge on any atom is 0.264 e. The van der Waals surface area contributed by atoms with Gasteiger partial charge in [0.05, 0.1) is 24.2 Å². The van der Waals surface area contributed by atoms with Gasteiger partial charge in [0, 0.05) is 6.54 Å². The van der Waals surface area contributed by atoms with Crippen LogP contribution in [0.4, 0.5) is 5.69 Å². The maximum atomic E-state index is 13.6. The molecule has 0 radical (unpaired) electrons. The molecule has 0 aliphatic carbocycles. The average Bonchev–Trinajstić information content (AvgIpc) is 3.38. The number of phenolic OH excluding ortho intramolecular Hbond substituents is 1. The van der Waals surface area contributed by atoms with Crippen LogP contribution in [-0.4, -0.2) is 51.8 Å². The molecule has 7 nitrogen and oxygen atoms in total. The first-order chi connectivity index (χ1) is 16.5. The fraction of sp³-hybridized carbons (Fsp3) is 0.308. The number of halogens is 1. The van der Waals surface area contributed by atoms with Gasteiger partial charge in [-0.3, -0.25) is 9.21 Å². The number of aromatic hydroxyl groups is 1. The van der Waals surface area contributed by atoms with Crippen LogP contribution in [0.25, 0.3) is 0 Å². The van der Waals surface area contributed by atoms with Crippen molar-refractivity contribution in [3.8, 4) is 17.2 Å². The quantitative estimate of drug-likeness (QED) is 0.419. The van der Waals surface area contributed by atoms with Gasteiger partial charge in [-0.1, -0.05) is 12.1 Å². The molecule has 0 bridgehead atoms. The van der Waals surface area contributed by atoms with Crippen molar-refractivity contribution < 1.29 is 23.0 Å². The van der Waals surface area contributed by atoms with Crippen molar-refractivity contribution in [2.45, 2.75) is 24.3 Å². The fourth-order valence-corrected chi connectivity index (χ4v) is 5.42. The molecule has 1 fully saturated rings. The van der Waals surface area contributed by atoms with E-state index >= 15 is 0 Å². The normalized spacial score (nSPS) is 13.7. The summed E-state index contributed by atoms with van der Waals surface area (Å²) >= 11 is 0. The van der Waals surface area contributed by atoms with E-state index in [1.807, 2.05) is 0 Å². The molecule has 3 aromatic carbocycles. The topological polar surface area (TPSA) is 79.3 Å². The van der Waals surface area contributed by atoms with Crippen molar-refractivity contribution in [2.24, 2.45) is 0 Å². The van der Waals surface area contributed by atoms with Crippen LogP contribution in [0.1, 0.15) is 18.4 Å². The molecule has 0 atom stereocenters. The Bertz CT molecular complexity index is 1160. The van der Waals surface area contributed by atoms with Crippen molar-refractivity contribution >= 4 is 28.1 Å². The number of anilines is 1. The lowest BCUT2D eigenvalue weighted by atomic mass is 10.2. The van der Waals surface area contributed by atoms with Crippen LogP contribution < -0.4 is 13.8 Å². The van der Waals surface area contributed by atoms with Gasteiger partial charge in [-0.15, -0.1) is 12.4 Å². The third-order valence-electron chi connectivity index (χ3n) is 5.91. The van der Waals surface area contributed by atoms with E-state index in [0.29, 0.717) is 23.8 Å². The number of sulfonamides is 1. The molecule has 0 aromatic heterocycles. The van der Waals surface area contributed by atoms with E-state index in [4.69, 9.17) is 9.47 Å². The Balaban J connectivity index is 0.00000342. The van der Waals surface area contributed by atoms with Crippen molar-refractivity contribution in [2.75, 3.05) is 37.7 Å². The standard InChI is InChI=1S/C26H30N2O5S.ClH/c1-32-24-12-14-26(15-13-24)34(30,31)28(20-21-4-8-23(29)9-5-21)22-6-10-25(11-7-22)33-19-18-27-16-2-3-17-27;/h4-15,29H,2-3,16-20H2,1H3;1H. The Labute approximate surface area is 213 Å². The molecular formula is C26H31ClN2O5S. The number of hydrogen-bond acceptors (Lipinski definition) is 6. The Morgan fingerprint density at radius 1 is 0.886 bits per heavy atom. The highest BCUT2D eigenvalue weighted by Crippen LogP contribution is 2.29. The Kier molecular flexibility index (Phi) is 9.26. The number of rotatable bonds is 10. The molecule has 1 saturated heterocycles. The summed E-state index contributed by atoms with van der Waals surface area (Å²) < 4.78 is 39.6. The van der Waals surface area contributed by atoms with Gasteiger partial charge in [0.15, 0.2) is 0 Å². The Morgan fingerprint density at radius 3 is 2.09 bits per heavy atom. The van der Waals surface area contributed by atoms with Crippen LogP contribution >= 0.6 is 12.4 Å². The first-order valence-electron chi connectivity index (χ1n) is 11.4. The summed E-state index contributed by atoms with van der Waals surface area (Å²) in [6.45, 7) is 3.85. The number of ether oxygens (including phenoxy) is 2. The molecule has 1 aliphatic heterocycles. The highest BCUT2D eigenvalue weighted by atomic mass is 35.5. The van der Waals surface area contributed by atoms with Crippen LogP contribution in [0.15, 0.2) is 77.7 Å². The third-order valence-corrected chi connectivity index (χ3v) is 7.70. The van der Waals surface area contributed by atoms with Crippen molar-refractivity contribution in [3.05, 3.63) is 78.4 Å². The number of methoxy groups -OCH3 is 1. The molecule has 1 N–H and O–H groups in total. The Morgan fingerprint density at radius 2 is 1.49 bits per heavy atom. The van der Waals surface area contributed by atoms with E-state index < -0.39 is 10.0 Å². The predicted molar refractivity (Wildman–Crippen MR) is 139 cm³/mol. The summed E-state index contributed by atoms with van der Waals surface area (Å²) in [6.07, 6.45) is 2.49. The van der Waals surface area contributed by atoms with E-state index in [0.717, 1.165) is 25.2 Å². The van der Waals surface area contributed by atoms with Gasteiger partial charge in [-0.2, -0.15) is 0 Å². The minimum absolute atomic E-state index is 0. The molecule has 0 unspecified atom stereocenters. The first kappa shape index (κ1) is 26.7. The van der Waals surface area contributed by atoms with Gasteiger partial charge in [0.25, 0.3) is 10.0 Å². The number of benzene rings is 3. The zero-order valence-corrected chi connectivity index (χ0v) is 21.3. The summed E-state index contributed by atoms with van der Waals surface area (Å²) in [6, 6.07) is 19.9. The van der Waals surface area contributed by atoms with Crippen molar-refractivity contribution in [1.82, 2.24) is 4.90 Å². The van der Waals surface area contributed by atoms with Crippen molar-refractivity contribution in [3.63, 3.8) is 0 Å². The Hall–Kier alpha value is -2.94. The van der Waals surface area contributed by atoms with E-state index in [-0.39, 0.29) is 29.6 Å². The lowest BCUT2D eigenvalue weighted by Crippen LogP contribution is -2.30. The zero-order chi connectivity index (χ0) is 24.0. The largest absolute Gasteiger partial charge is 0.508 e. The van der Waals surface area contributed by atoms with Crippen LogP contribution in [-0.2, 0) is 16.6 Å². The summed E-state index contributed by atoms with van der Waals surface area (Å²) in [4.78, 5) is 2.55. The second kappa shape index (κ2) is 12.2. The first-order valence-corrected chi connectivity index (χ1v) is 12.8. The van der Waals surface area contributed by atoms with E-state index in [1.54, 1.807) is 60.7 Å². The van der Waals surface area contributed by atoms with Crippen molar-refractivity contribution in [1.29, 1.82) is 0 Å². The molecular weight excluding hydrogens is 488 g/mol. The molecule has 0 saturated carbocycles. The number of nitrogens with zero attached hydrogens (tertiary/aromatic N) is 2. The molecule has 188 valence electrons. The third kappa shape index (κ3) is 6.81. The van der Waals surface area contributed by atoms with E-state index in [2.05, 4.69) is 4.90 Å². The average molecular weight is 519 g/mol. The van der Waals surface area contributed by atoms with Crippen LogP contribution in [0.3, 0.4) is 0 Å². The minimum atomic E-state index is -3.86. The number of likely N-dealkylation sites (tertiary alicyclic amines) is 1. The molecule has 3 aromatic rings. The second-order valence-corrected chi connectivity index (χ2v) is 10.1. The van der Waals surface area contributed by atoms with Gasteiger partial charge in [0.2, 0.25) is 0 Å². The van der Waals surface area contributed by atoms with Gasteiger partial charge in [0.1, 0.15) is 23.9 Å². The molecule has 4 rings (SSSR count). The number of phenols is 1. The molecule has 35 heavy (non-hydrogen) atoms. The molecule has 1 heterocycles. The lowest BCUT2D eigenvalue weighted by molar-refractivity contribution is 0.238.